The van der Waals surface area contributed by atoms with Crippen LogP contribution in [0.3, 0.4) is 0 Å². The molecule has 0 unspecified atom stereocenters. The minimum Gasteiger partial charge on any atom is -0.464 e. The lowest BCUT2D eigenvalue weighted by atomic mass is 9.96. The molecule has 1 N–H and O–H groups in total. The molecule has 3 aromatic rings. The molecule has 0 bridgehead atoms. The lowest BCUT2D eigenvalue weighted by Gasteiger charge is -2.27. The summed E-state index contributed by atoms with van der Waals surface area (Å²) >= 11 is 0. The van der Waals surface area contributed by atoms with E-state index in [1.807, 2.05) is 54.6 Å². The number of fused-ring (bicyclic) bond motifs is 1. The average Bonchev–Trinajstić information content (AvgIpc) is 3.22. The summed E-state index contributed by atoms with van der Waals surface area (Å²) in [5.74, 6) is -0.615. The van der Waals surface area contributed by atoms with Gasteiger partial charge in [0, 0.05) is 24.0 Å². The summed E-state index contributed by atoms with van der Waals surface area (Å²) in [6, 6.07) is 23.7. The largest absolute Gasteiger partial charge is 0.464 e. The number of ether oxygens (including phenoxy) is 2. The Hall–Kier alpha value is -3.93. The number of esters is 1. The second kappa shape index (κ2) is 9.69. The highest BCUT2D eigenvalue weighted by atomic mass is 16.6. The maximum atomic E-state index is 12.9. The smallest absolute Gasteiger partial charge is 0.408 e. The van der Waals surface area contributed by atoms with Gasteiger partial charge in [-0.15, -0.1) is 0 Å². The van der Waals surface area contributed by atoms with Crippen LogP contribution in [0.4, 0.5) is 4.79 Å². The zero-order valence-electron chi connectivity index (χ0n) is 18.4. The monoisotopic (exact) mass is 443 g/mol. The zero-order valence-corrected chi connectivity index (χ0v) is 18.4. The van der Waals surface area contributed by atoms with Crippen molar-refractivity contribution in [2.45, 2.75) is 31.9 Å². The van der Waals surface area contributed by atoms with Gasteiger partial charge in [0.05, 0.1) is 6.61 Å². The summed E-state index contributed by atoms with van der Waals surface area (Å²) in [5.41, 5.74) is 2.40. The number of alkyl carbamates (subject to hydrolysis) is 1. The number of hydrogen-bond acceptors (Lipinski definition) is 5. The van der Waals surface area contributed by atoms with E-state index in [0.717, 1.165) is 16.7 Å². The van der Waals surface area contributed by atoms with Crippen molar-refractivity contribution < 1.29 is 23.9 Å². The van der Waals surface area contributed by atoms with Crippen molar-refractivity contribution in [3.8, 4) is 0 Å². The molecule has 4 rings (SSSR count). The zero-order chi connectivity index (χ0) is 23.3. The van der Waals surface area contributed by atoms with Crippen LogP contribution in [0.5, 0.6) is 0 Å². The fourth-order valence-corrected chi connectivity index (χ4v) is 4.08. The number of nitrogens with one attached hydrogen (secondary N) is 1. The third-order valence-corrected chi connectivity index (χ3v) is 5.71. The van der Waals surface area contributed by atoms with E-state index in [4.69, 9.17) is 9.47 Å². The first-order valence-corrected chi connectivity index (χ1v) is 10.9. The van der Waals surface area contributed by atoms with Crippen LogP contribution in [-0.2, 0) is 33.7 Å². The maximum absolute atomic E-state index is 12.9. The molecule has 0 saturated heterocycles. The van der Waals surface area contributed by atoms with Crippen molar-refractivity contribution in [3.63, 3.8) is 0 Å². The molecule has 1 aliphatic rings. The van der Waals surface area contributed by atoms with Crippen LogP contribution in [0.1, 0.15) is 39.5 Å². The summed E-state index contributed by atoms with van der Waals surface area (Å²) in [5, 5.41) is 2.75. The van der Waals surface area contributed by atoms with Crippen LogP contribution in [0.25, 0.3) is 0 Å². The van der Waals surface area contributed by atoms with Crippen LogP contribution in [0.2, 0.25) is 0 Å². The molecule has 1 amide bonds. The fourth-order valence-electron chi connectivity index (χ4n) is 4.08. The van der Waals surface area contributed by atoms with Crippen LogP contribution >= 0.6 is 0 Å². The molecule has 1 atom stereocenters. The molecular weight excluding hydrogens is 418 g/mol. The number of benzene rings is 3. The summed E-state index contributed by atoms with van der Waals surface area (Å²) < 4.78 is 10.6. The predicted molar refractivity (Wildman–Crippen MR) is 123 cm³/mol. The standard InChI is InChI=1S/C27H25NO5/c1-2-32-25(30)27(28-26(31)33-18-19-9-5-3-6-10-19)16-22-14-13-21(15-23(22)17-27)24(29)20-11-7-4-8-12-20/h3-15H,2,16-18H2,1H3,(H,28,31)/t27-/m0/s1. The molecule has 0 aliphatic heterocycles. The lowest BCUT2D eigenvalue weighted by molar-refractivity contribution is -0.150. The maximum Gasteiger partial charge on any atom is 0.408 e. The highest BCUT2D eigenvalue weighted by Gasteiger charge is 2.47. The predicted octanol–water partition coefficient (Wildman–Crippen LogP) is 4.24. The summed E-state index contributed by atoms with van der Waals surface area (Å²) in [6.45, 7) is 2.00. The van der Waals surface area contributed by atoms with Gasteiger partial charge in [0.25, 0.3) is 0 Å². The molecular formula is C27H25NO5. The number of hydrogen-bond donors (Lipinski definition) is 1. The number of carbonyl (C=O) groups is 3. The number of ketones is 1. The van der Waals surface area contributed by atoms with Gasteiger partial charge in [0.15, 0.2) is 5.78 Å². The Morgan fingerprint density at radius 1 is 0.818 bits per heavy atom. The van der Waals surface area contributed by atoms with Crippen LogP contribution in [-0.4, -0.2) is 30.0 Å². The van der Waals surface area contributed by atoms with E-state index < -0.39 is 17.6 Å². The minimum absolute atomic E-state index is 0.0915. The number of amides is 1. The van der Waals surface area contributed by atoms with Gasteiger partial charge in [-0.25, -0.2) is 9.59 Å². The Labute approximate surface area is 192 Å². The normalized spacial score (nSPS) is 16.5. The van der Waals surface area contributed by atoms with Gasteiger partial charge in [-0.05, 0) is 29.7 Å². The van der Waals surface area contributed by atoms with E-state index in [-0.39, 0.29) is 31.8 Å². The van der Waals surface area contributed by atoms with Gasteiger partial charge < -0.3 is 14.8 Å². The topological polar surface area (TPSA) is 81.7 Å². The Balaban J connectivity index is 1.53. The molecule has 6 heteroatoms. The van der Waals surface area contributed by atoms with Crippen molar-refractivity contribution in [3.05, 3.63) is 107 Å². The molecule has 0 saturated carbocycles. The molecule has 3 aromatic carbocycles. The van der Waals surface area contributed by atoms with Crippen molar-refractivity contribution in [1.29, 1.82) is 0 Å². The Bertz CT molecular complexity index is 1160. The van der Waals surface area contributed by atoms with E-state index in [1.54, 1.807) is 31.2 Å². The first-order chi connectivity index (χ1) is 16.0. The second-order valence-corrected chi connectivity index (χ2v) is 8.02. The molecule has 0 spiro atoms. The van der Waals surface area contributed by atoms with Gasteiger partial charge in [-0.1, -0.05) is 72.8 Å². The number of carbonyl (C=O) groups excluding carboxylic acids is 3. The van der Waals surface area contributed by atoms with E-state index in [0.29, 0.717) is 11.1 Å². The molecule has 0 radical (unpaired) electrons. The summed E-state index contributed by atoms with van der Waals surface area (Å²) in [6.07, 6.45) is -0.209. The molecule has 0 heterocycles. The van der Waals surface area contributed by atoms with Gasteiger partial charge in [0.2, 0.25) is 0 Å². The number of rotatable bonds is 7. The van der Waals surface area contributed by atoms with Crippen molar-refractivity contribution in [1.82, 2.24) is 5.32 Å². The van der Waals surface area contributed by atoms with Crippen LogP contribution in [0.15, 0.2) is 78.9 Å². The Morgan fingerprint density at radius 2 is 1.48 bits per heavy atom. The fraction of sp³-hybridized carbons (Fsp3) is 0.222. The minimum atomic E-state index is -1.28. The van der Waals surface area contributed by atoms with Crippen molar-refractivity contribution in [2.24, 2.45) is 0 Å². The van der Waals surface area contributed by atoms with E-state index >= 15 is 0 Å². The van der Waals surface area contributed by atoms with E-state index in [9.17, 15) is 14.4 Å². The van der Waals surface area contributed by atoms with E-state index in [2.05, 4.69) is 5.32 Å². The second-order valence-electron chi connectivity index (χ2n) is 8.02. The molecule has 168 valence electrons. The third kappa shape index (κ3) is 4.95. The summed E-state index contributed by atoms with van der Waals surface area (Å²) in [7, 11) is 0. The Kier molecular flexibility index (Phi) is 6.54. The van der Waals surface area contributed by atoms with E-state index in [1.165, 1.54) is 0 Å². The van der Waals surface area contributed by atoms with Gasteiger partial charge in [-0.2, -0.15) is 0 Å². The highest BCUT2D eigenvalue weighted by Crippen LogP contribution is 2.33. The molecule has 6 nitrogen and oxygen atoms in total. The molecule has 0 fully saturated rings. The van der Waals surface area contributed by atoms with Crippen LogP contribution in [0, 0.1) is 0 Å². The average molecular weight is 443 g/mol. The van der Waals surface area contributed by atoms with Gasteiger partial charge >= 0.3 is 12.1 Å². The van der Waals surface area contributed by atoms with Crippen LogP contribution < -0.4 is 5.32 Å². The first-order valence-electron chi connectivity index (χ1n) is 10.9. The summed E-state index contributed by atoms with van der Waals surface area (Å²) in [4.78, 5) is 38.4. The van der Waals surface area contributed by atoms with Gasteiger partial charge in [-0.3, -0.25) is 4.79 Å². The SMILES string of the molecule is CCOC(=O)[C@]1(NC(=O)OCc2ccccc2)Cc2ccc(C(=O)c3ccccc3)cc2C1. The highest BCUT2D eigenvalue weighted by molar-refractivity contribution is 6.09. The third-order valence-electron chi connectivity index (χ3n) is 5.71. The van der Waals surface area contributed by atoms with Crippen molar-refractivity contribution in [2.75, 3.05) is 6.61 Å². The molecule has 33 heavy (non-hydrogen) atoms. The van der Waals surface area contributed by atoms with Crippen molar-refractivity contribution >= 4 is 17.8 Å². The molecule has 0 aromatic heterocycles. The quantitative estimate of drug-likeness (QED) is 0.436. The van der Waals surface area contributed by atoms with Gasteiger partial charge in [0.1, 0.15) is 12.1 Å². The Morgan fingerprint density at radius 3 is 2.18 bits per heavy atom. The lowest BCUT2D eigenvalue weighted by Crippen LogP contribution is -2.56. The molecule has 1 aliphatic carbocycles. The first kappa shape index (κ1) is 22.3.